The summed E-state index contributed by atoms with van der Waals surface area (Å²) >= 11 is 12.1. The van der Waals surface area contributed by atoms with E-state index in [1.807, 2.05) is 6.07 Å². The fourth-order valence-electron chi connectivity index (χ4n) is 2.73. The van der Waals surface area contributed by atoms with Crippen molar-refractivity contribution in [3.05, 3.63) is 28.3 Å². The number of anilines is 1. The molecule has 1 aromatic carbocycles. The van der Waals surface area contributed by atoms with E-state index in [0.717, 1.165) is 66.0 Å². The maximum atomic E-state index is 6.42. The average molecular weight is 385 g/mol. The number of benzene rings is 1. The lowest BCUT2D eigenvalue weighted by Crippen LogP contribution is -2.38. The standard InChI is InChI=1S/C19H33ClN4S/c1-15-13-16(2)18(17(20)14-15)21-19(25)24(11-7-9-22(3)4)12-8-10-23(5)6/h13-14H,7-12H2,1-6H3,(H,21,25). The molecule has 0 aliphatic heterocycles. The Bertz CT molecular complexity index is 523. The molecule has 0 saturated carbocycles. The number of nitrogens with zero attached hydrogens (tertiary/aromatic N) is 3. The molecule has 0 fully saturated rings. The molecule has 1 aromatic rings. The van der Waals surface area contributed by atoms with E-state index in [1.54, 1.807) is 0 Å². The number of nitrogens with one attached hydrogen (secondary N) is 1. The van der Waals surface area contributed by atoms with E-state index in [-0.39, 0.29) is 0 Å². The molecule has 1 rings (SSSR count). The molecular weight excluding hydrogens is 352 g/mol. The molecule has 25 heavy (non-hydrogen) atoms. The molecule has 0 radical (unpaired) electrons. The molecule has 0 spiro atoms. The van der Waals surface area contributed by atoms with E-state index in [4.69, 9.17) is 23.8 Å². The summed E-state index contributed by atoms with van der Waals surface area (Å²) < 4.78 is 0. The van der Waals surface area contributed by atoms with Crippen molar-refractivity contribution in [2.75, 3.05) is 59.7 Å². The lowest BCUT2D eigenvalue weighted by molar-refractivity contribution is 0.325. The summed E-state index contributed by atoms with van der Waals surface area (Å²) in [6.07, 6.45) is 2.16. The van der Waals surface area contributed by atoms with Crippen LogP contribution < -0.4 is 5.32 Å². The van der Waals surface area contributed by atoms with E-state index in [0.29, 0.717) is 0 Å². The van der Waals surface area contributed by atoms with Gasteiger partial charge >= 0.3 is 0 Å². The van der Waals surface area contributed by atoms with Gasteiger partial charge in [0.25, 0.3) is 0 Å². The highest BCUT2D eigenvalue weighted by atomic mass is 35.5. The van der Waals surface area contributed by atoms with Crippen LogP contribution in [0.25, 0.3) is 0 Å². The second-order valence-electron chi connectivity index (χ2n) is 7.17. The summed E-state index contributed by atoms with van der Waals surface area (Å²) in [6, 6.07) is 4.10. The Morgan fingerprint density at radius 3 is 1.92 bits per heavy atom. The van der Waals surface area contributed by atoms with Crippen LogP contribution in [0.5, 0.6) is 0 Å². The number of rotatable bonds is 9. The van der Waals surface area contributed by atoms with Crippen molar-refractivity contribution in [2.45, 2.75) is 26.7 Å². The van der Waals surface area contributed by atoms with Crippen LogP contribution in [0.1, 0.15) is 24.0 Å². The van der Waals surface area contributed by atoms with Gasteiger partial charge in [-0.3, -0.25) is 0 Å². The van der Waals surface area contributed by atoms with Crippen LogP contribution in [0.2, 0.25) is 5.02 Å². The van der Waals surface area contributed by atoms with Crippen molar-refractivity contribution in [3.8, 4) is 0 Å². The zero-order valence-electron chi connectivity index (χ0n) is 16.5. The Morgan fingerprint density at radius 2 is 1.48 bits per heavy atom. The van der Waals surface area contributed by atoms with E-state index in [1.165, 1.54) is 0 Å². The molecule has 6 heteroatoms. The smallest absolute Gasteiger partial charge is 0.173 e. The van der Waals surface area contributed by atoms with Gasteiger partial charge < -0.3 is 20.0 Å². The second-order valence-corrected chi connectivity index (χ2v) is 7.96. The molecule has 0 amide bonds. The number of hydrogen-bond acceptors (Lipinski definition) is 3. The summed E-state index contributed by atoms with van der Waals surface area (Å²) in [6.45, 7) is 8.11. The van der Waals surface area contributed by atoms with Gasteiger partial charge in [0.2, 0.25) is 0 Å². The number of halogens is 1. The first-order valence-corrected chi connectivity index (χ1v) is 9.61. The Balaban J connectivity index is 2.76. The highest BCUT2D eigenvalue weighted by molar-refractivity contribution is 7.80. The van der Waals surface area contributed by atoms with Gasteiger partial charge in [0.1, 0.15) is 0 Å². The summed E-state index contributed by atoms with van der Waals surface area (Å²) in [5.41, 5.74) is 3.20. The number of hydrogen-bond donors (Lipinski definition) is 1. The first kappa shape index (κ1) is 22.2. The first-order valence-electron chi connectivity index (χ1n) is 8.83. The van der Waals surface area contributed by atoms with E-state index < -0.39 is 0 Å². The topological polar surface area (TPSA) is 21.8 Å². The fourth-order valence-corrected chi connectivity index (χ4v) is 3.38. The lowest BCUT2D eigenvalue weighted by Gasteiger charge is -2.28. The minimum atomic E-state index is 0.724. The zero-order valence-corrected chi connectivity index (χ0v) is 18.1. The van der Waals surface area contributed by atoms with Gasteiger partial charge in [-0.1, -0.05) is 17.7 Å². The Morgan fingerprint density at radius 1 is 0.960 bits per heavy atom. The third-order valence-corrected chi connectivity index (χ3v) is 4.68. The molecule has 0 unspecified atom stereocenters. The normalized spacial score (nSPS) is 11.2. The van der Waals surface area contributed by atoms with Crippen LogP contribution in [0.4, 0.5) is 5.69 Å². The third-order valence-electron chi connectivity index (χ3n) is 4.02. The van der Waals surface area contributed by atoms with Crippen molar-refractivity contribution in [3.63, 3.8) is 0 Å². The molecule has 0 saturated heterocycles. The molecule has 0 heterocycles. The maximum Gasteiger partial charge on any atom is 0.173 e. The van der Waals surface area contributed by atoms with Gasteiger partial charge in [-0.05, 0) is 97.4 Å². The molecule has 0 aromatic heterocycles. The molecule has 0 atom stereocenters. The van der Waals surface area contributed by atoms with Gasteiger partial charge in [0.05, 0.1) is 10.7 Å². The Labute approximate surface area is 164 Å². The summed E-state index contributed by atoms with van der Waals surface area (Å²) in [5, 5.41) is 4.86. The second kappa shape index (κ2) is 11.0. The molecule has 1 N–H and O–H groups in total. The molecule has 4 nitrogen and oxygen atoms in total. The minimum Gasteiger partial charge on any atom is -0.349 e. The van der Waals surface area contributed by atoms with Gasteiger partial charge in [-0.2, -0.15) is 0 Å². The predicted octanol–water partition coefficient (Wildman–Crippen LogP) is 3.86. The van der Waals surface area contributed by atoms with Crippen LogP contribution in [-0.4, -0.2) is 74.2 Å². The fraction of sp³-hybridized carbons (Fsp3) is 0.632. The van der Waals surface area contributed by atoms with Gasteiger partial charge in [-0.25, -0.2) is 0 Å². The van der Waals surface area contributed by atoms with E-state index >= 15 is 0 Å². The van der Waals surface area contributed by atoms with E-state index in [9.17, 15) is 0 Å². The maximum absolute atomic E-state index is 6.42. The Kier molecular flexibility index (Phi) is 9.72. The summed E-state index contributed by atoms with van der Waals surface area (Å²) in [7, 11) is 8.40. The quantitative estimate of drug-likeness (QED) is 0.651. The largest absolute Gasteiger partial charge is 0.349 e. The molecule has 0 bridgehead atoms. The highest BCUT2D eigenvalue weighted by Gasteiger charge is 2.13. The molecule has 0 aliphatic carbocycles. The van der Waals surface area contributed by atoms with Gasteiger partial charge in [0.15, 0.2) is 5.11 Å². The van der Waals surface area contributed by atoms with Crippen molar-refractivity contribution < 1.29 is 0 Å². The number of thiocarbonyl (C=S) groups is 1. The highest BCUT2D eigenvalue weighted by Crippen LogP contribution is 2.27. The third kappa shape index (κ3) is 8.36. The SMILES string of the molecule is Cc1cc(C)c(NC(=S)N(CCCN(C)C)CCCN(C)C)c(Cl)c1. The molecule has 142 valence electrons. The minimum absolute atomic E-state index is 0.724. The average Bonchev–Trinajstić information content (AvgIpc) is 2.48. The number of aryl methyl sites for hydroxylation is 2. The van der Waals surface area contributed by atoms with Crippen molar-refractivity contribution in [2.24, 2.45) is 0 Å². The summed E-state index contributed by atoms with van der Waals surface area (Å²) in [5.74, 6) is 0. The van der Waals surface area contributed by atoms with E-state index in [2.05, 4.69) is 68.1 Å². The van der Waals surface area contributed by atoms with Crippen molar-refractivity contribution in [1.82, 2.24) is 14.7 Å². The zero-order chi connectivity index (χ0) is 19.0. The first-order chi connectivity index (χ1) is 11.7. The van der Waals surface area contributed by atoms with Gasteiger partial charge in [-0.15, -0.1) is 0 Å². The van der Waals surface area contributed by atoms with Crippen LogP contribution in [0.3, 0.4) is 0 Å². The van der Waals surface area contributed by atoms with Crippen molar-refractivity contribution >= 4 is 34.6 Å². The lowest BCUT2D eigenvalue weighted by atomic mass is 10.1. The molecular formula is C19H33ClN4S. The van der Waals surface area contributed by atoms with Crippen LogP contribution in [-0.2, 0) is 0 Å². The summed E-state index contributed by atoms with van der Waals surface area (Å²) in [4.78, 5) is 6.67. The van der Waals surface area contributed by atoms with Crippen LogP contribution in [0, 0.1) is 13.8 Å². The predicted molar refractivity (Wildman–Crippen MR) is 115 cm³/mol. The monoisotopic (exact) mass is 384 g/mol. The van der Waals surface area contributed by atoms with Crippen molar-refractivity contribution in [1.29, 1.82) is 0 Å². The Hall–Kier alpha value is -0.880. The van der Waals surface area contributed by atoms with Crippen LogP contribution >= 0.6 is 23.8 Å². The molecule has 0 aliphatic rings. The van der Waals surface area contributed by atoms with Crippen LogP contribution in [0.15, 0.2) is 12.1 Å². The van der Waals surface area contributed by atoms with Gasteiger partial charge in [0, 0.05) is 13.1 Å².